The third-order valence-corrected chi connectivity index (χ3v) is 5.14. The molecule has 1 N–H and O–H groups in total. The second-order valence-corrected chi connectivity index (χ2v) is 7.98. The van der Waals surface area contributed by atoms with E-state index in [0.717, 1.165) is 0 Å². The maximum atomic E-state index is 12.8. The van der Waals surface area contributed by atoms with Crippen LogP contribution in [-0.2, 0) is 10.0 Å². The number of nitrogens with one attached hydrogen (secondary N) is 1. The maximum Gasteiger partial charge on any atom is 0.241 e. The number of rotatable bonds is 6. The third kappa shape index (κ3) is 4.10. The molecule has 0 saturated heterocycles. The molecule has 0 spiro atoms. The standard InChI is InChI=1S/C16H21N3O5S/c1-10(2)8-13(16-18-17-11(3)24-16)19-25(20,21)12-4-5-14-15(9-12)23-7-6-22-14/h4-5,9-10,13,19H,6-8H2,1-3H3. The summed E-state index contributed by atoms with van der Waals surface area (Å²) in [7, 11) is -3.79. The van der Waals surface area contributed by atoms with E-state index >= 15 is 0 Å². The number of nitrogens with zero attached hydrogens (tertiary/aromatic N) is 2. The van der Waals surface area contributed by atoms with E-state index in [1.54, 1.807) is 13.0 Å². The lowest BCUT2D eigenvalue weighted by Crippen LogP contribution is -2.30. The lowest BCUT2D eigenvalue weighted by Gasteiger charge is -2.20. The van der Waals surface area contributed by atoms with Crippen LogP contribution in [-0.4, -0.2) is 31.8 Å². The number of aromatic nitrogens is 2. The van der Waals surface area contributed by atoms with Crippen molar-refractivity contribution in [3.63, 3.8) is 0 Å². The molecular formula is C16H21N3O5S. The van der Waals surface area contributed by atoms with Crippen molar-refractivity contribution in [2.24, 2.45) is 5.92 Å². The summed E-state index contributed by atoms with van der Waals surface area (Å²) in [5.41, 5.74) is 0. The van der Waals surface area contributed by atoms with Crippen molar-refractivity contribution in [1.82, 2.24) is 14.9 Å². The van der Waals surface area contributed by atoms with Crippen molar-refractivity contribution < 1.29 is 22.3 Å². The Morgan fingerprint density at radius 1 is 1.16 bits per heavy atom. The number of fused-ring (bicyclic) bond motifs is 1. The fourth-order valence-electron chi connectivity index (χ4n) is 2.57. The predicted molar refractivity (Wildman–Crippen MR) is 89.0 cm³/mol. The number of benzene rings is 1. The number of hydrogen-bond acceptors (Lipinski definition) is 7. The van der Waals surface area contributed by atoms with Crippen molar-refractivity contribution in [3.8, 4) is 11.5 Å². The number of sulfonamides is 1. The summed E-state index contributed by atoms with van der Waals surface area (Å²) < 4.78 is 44.5. The Balaban J connectivity index is 1.87. The fraction of sp³-hybridized carbons (Fsp3) is 0.500. The Morgan fingerprint density at radius 2 is 1.88 bits per heavy atom. The first kappa shape index (κ1) is 17.7. The van der Waals surface area contributed by atoms with Crippen LogP contribution >= 0.6 is 0 Å². The van der Waals surface area contributed by atoms with Crippen LogP contribution in [0, 0.1) is 12.8 Å². The van der Waals surface area contributed by atoms with Gasteiger partial charge >= 0.3 is 0 Å². The molecular weight excluding hydrogens is 346 g/mol. The fourth-order valence-corrected chi connectivity index (χ4v) is 3.79. The predicted octanol–water partition coefficient (Wildman–Crippen LogP) is 2.21. The lowest BCUT2D eigenvalue weighted by molar-refractivity contribution is 0.171. The van der Waals surface area contributed by atoms with Gasteiger partial charge in [0.15, 0.2) is 11.5 Å². The molecule has 0 radical (unpaired) electrons. The van der Waals surface area contributed by atoms with Gasteiger partial charge in [-0.15, -0.1) is 10.2 Å². The summed E-state index contributed by atoms with van der Waals surface area (Å²) in [6.07, 6.45) is 0.533. The zero-order valence-electron chi connectivity index (χ0n) is 14.4. The minimum absolute atomic E-state index is 0.0988. The van der Waals surface area contributed by atoms with Crippen LogP contribution in [0.2, 0.25) is 0 Å². The molecule has 1 aromatic heterocycles. The number of ether oxygens (including phenoxy) is 2. The largest absolute Gasteiger partial charge is 0.486 e. The van der Waals surface area contributed by atoms with Crippen molar-refractivity contribution in [1.29, 1.82) is 0 Å². The zero-order valence-corrected chi connectivity index (χ0v) is 15.2. The Kier molecular flexibility index (Phi) is 4.96. The third-order valence-electron chi connectivity index (χ3n) is 3.67. The van der Waals surface area contributed by atoms with E-state index in [1.807, 2.05) is 13.8 Å². The normalized spacial score (nSPS) is 15.4. The van der Waals surface area contributed by atoms with Gasteiger partial charge in [0.25, 0.3) is 0 Å². The van der Waals surface area contributed by atoms with Crippen LogP contribution in [0.4, 0.5) is 0 Å². The summed E-state index contributed by atoms with van der Waals surface area (Å²) >= 11 is 0. The average molecular weight is 367 g/mol. The summed E-state index contributed by atoms with van der Waals surface area (Å²) in [6, 6.07) is 3.94. The molecule has 1 unspecified atom stereocenters. The van der Waals surface area contributed by atoms with E-state index in [2.05, 4.69) is 14.9 Å². The smallest absolute Gasteiger partial charge is 0.241 e. The molecule has 1 aromatic carbocycles. The van der Waals surface area contributed by atoms with Gasteiger partial charge in [0.1, 0.15) is 19.3 Å². The number of aryl methyl sites for hydroxylation is 1. The highest BCUT2D eigenvalue weighted by molar-refractivity contribution is 7.89. The minimum Gasteiger partial charge on any atom is -0.486 e. The first-order chi connectivity index (χ1) is 11.8. The van der Waals surface area contributed by atoms with E-state index < -0.39 is 16.1 Å². The Morgan fingerprint density at radius 3 is 2.52 bits per heavy atom. The van der Waals surface area contributed by atoms with Crippen LogP contribution in [0.3, 0.4) is 0 Å². The molecule has 2 heterocycles. The van der Waals surface area contributed by atoms with Crippen LogP contribution in [0.15, 0.2) is 27.5 Å². The molecule has 8 nitrogen and oxygen atoms in total. The van der Waals surface area contributed by atoms with Crippen molar-refractivity contribution in [2.45, 2.75) is 38.1 Å². The first-order valence-electron chi connectivity index (χ1n) is 8.07. The molecule has 0 amide bonds. The summed E-state index contributed by atoms with van der Waals surface area (Å²) in [4.78, 5) is 0.0988. The van der Waals surface area contributed by atoms with E-state index in [-0.39, 0.29) is 16.7 Å². The highest BCUT2D eigenvalue weighted by Crippen LogP contribution is 2.33. The molecule has 1 atom stereocenters. The van der Waals surface area contributed by atoms with E-state index in [1.165, 1.54) is 12.1 Å². The molecule has 2 aromatic rings. The van der Waals surface area contributed by atoms with Crippen LogP contribution in [0.1, 0.15) is 38.1 Å². The SMILES string of the molecule is Cc1nnc(C(CC(C)C)NS(=O)(=O)c2ccc3c(c2)OCCO3)o1. The van der Waals surface area contributed by atoms with Gasteiger partial charge in [-0.2, -0.15) is 4.72 Å². The Labute approximate surface area is 146 Å². The molecule has 1 aliphatic heterocycles. The van der Waals surface area contributed by atoms with Crippen molar-refractivity contribution >= 4 is 10.0 Å². The van der Waals surface area contributed by atoms with E-state index in [9.17, 15) is 8.42 Å². The average Bonchev–Trinajstić information content (AvgIpc) is 2.99. The maximum absolute atomic E-state index is 12.8. The lowest BCUT2D eigenvalue weighted by atomic mass is 10.0. The van der Waals surface area contributed by atoms with Crippen LogP contribution < -0.4 is 14.2 Å². The van der Waals surface area contributed by atoms with Crippen LogP contribution in [0.5, 0.6) is 11.5 Å². The minimum atomic E-state index is -3.79. The number of hydrogen-bond donors (Lipinski definition) is 1. The zero-order chi connectivity index (χ0) is 18.0. The molecule has 136 valence electrons. The van der Waals surface area contributed by atoms with E-state index in [0.29, 0.717) is 37.0 Å². The Bertz CT molecular complexity index is 847. The topological polar surface area (TPSA) is 104 Å². The summed E-state index contributed by atoms with van der Waals surface area (Å²) in [5.74, 6) is 1.84. The van der Waals surface area contributed by atoms with Gasteiger partial charge in [-0.05, 0) is 24.5 Å². The summed E-state index contributed by atoms with van der Waals surface area (Å²) in [6.45, 7) is 6.49. The van der Waals surface area contributed by atoms with Gasteiger partial charge in [0.05, 0.1) is 4.90 Å². The van der Waals surface area contributed by atoms with Gasteiger partial charge in [-0.1, -0.05) is 13.8 Å². The molecule has 0 fully saturated rings. The molecule has 1 aliphatic rings. The quantitative estimate of drug-likeness (QED) is 0.835. The van der Waals surface area contributed by atoms with Gasteiger partial charge in [0, 0.05) is 13.0 Å². The van der Waals surface area contributed by atoms with Gasteiger partial charge in [-0.25, -0.2) is 8.42 Å². The Hall–Kier alpha value is -2.13. The highest BCUT2D eigenvalue weighted by Gasteiger charge is 2.27. The van der Waals surface area contributed by atoms with Gasteiger partial charge in [0.2, 0.25) is 21.8 Å². The van der Waals surface area contributed by atoms with Crippen LogP contribution in [0.25, 0.3) is 0 Å². The van der Waals surface area contributed by atoms with Gasteiger partial charge in [-0.3, -0.25) is 0 Å². The van der Waals surface area contributed by atoms with Crippen molar-refractivity contribution in [2.75, 3.05) is 13.2 Å². The van der Waals surface area contributed by atoms with E-state index in [4.69, 9.17) is 13.9 Å². The van der Waals surface area contributed by atoms with Crippen molar-refractivity contribution in [3.05, 3.63) is 30.0 Å². The highest BCUT2D eigenvalue weighted by atomic mass is 32.2. The molecule has 0 saturated carbocycles. The molecule has 0 bridgehead atoms. The first-order valence-corrected chi connectivity index (χ1v) is 9.55. The molecule has 25 heavy (non-hydrogen) atoms. The van der Waals surface area contributed by atoms with Gasteiger partial charge < -0.3 is 13.9 Å². The summed E-state index contributed by atoms with van der Waals surface area (Å²) in [5, 5.41) is 7.75. The molecule has 9 heteroatoms. The monoisotopic (exact) mass is 367 g/mol. The second kappa shape index (κ2) is 7.01. The second-order valence-electron chi connectivity index (χ2n) is 6.27. The molecule has 0 aliphatic carbocycles. The molecule has 3 rings (SSSR count).